The molecule has 0 aliphatic heterocycles. The third-order valence-corrected chi connectivity index (χ3v) is 3.44. The molecule has 1 aromatic heterocycles. The lowest BCUT2D eigenvalue weighted by Gasteiger charge is -2.07. The Balaban J connectivity index is 1.87. The number of hydrogen-bond acceptors (Lipinski definition) is 4. The van der Waals surface area contributed by atoms with Gasteiger partial charge in [0, 0.05) is 18.1 Å². The second-order valence-corrected chi connectivity index (χ2v) is 4.97. The molecule has 1 atom stereocenters. The van der Waals surface area contributed by atoms with Gasteiger partial charge in [-0.3, -0.25) is 0 Å². The Kier molecular flexibility index (Phi) is 3.25. The Labute approximate surface area is 99.2 Å². The van der Waals surface area contributed by atoms with Gasteiger partial charge >= 0.3 is 6.18 Å². The lowest BCUT2D eigenvalue weighted by molar-refractivity contribution is -0.144. The number of nitrogens with zero attached hydrogens (tertiary/aromatic N) is 2. The molecule has 90 valence electrons. The van der Waals surface area contributed by atoms with Crippen LogP contribution >= 0.6 is 23.1 Å². The first-order valence-corrected chi connectivity index (χ1v) is 5.96. The van der Waals surface area contributed by atoms with Crippen LogP contribution in [0.2, 0.25) is 0 Å². The minimum Gasteiger partial charge on any atom is -0.359 e. The molecule has 3 nitrogen and oxygen atoms in total. The number of halogens is 4. The van der Waals surface area contributed by atoms with E-state index in [0.717, 1.165) is 12.8 Å². The largest absolute Gasteiger partial charge is 0.452 e. The van der Waals surface area contributed by atoms with E-state index >= 15 is 0 Å². The van der Waals surface area contributed by atoms with E-state index in [-0.39, 0.29) is 10.5 Å². The number of hydrogen-bond donors (Lipinski definition) is 1. The number of anilines is 1. The molecule has 1 N–H and O–H groups in total. The molecule has 8 heteroatoms. The van der Waals surface area contributed by atoms with Crippen molar-refractivity contribution < 1.29 is 13.2 Å². The van der Waals surface area contributed by atoms with Crippen LogP contribution in [0.15, 0.2) is 0 Å². The van der Waals surface area contributed by atoms with Crippen LogP contribution in [0.3, 0.4) is 0 Å². The van der Waals surface area contributed by atoms with E-state index in [0.29, 0.717) is 24.0 Å². The van der Waals surface area contributed by atoms with Gasteiger partial charge in [-0.2, -0.15) is 22.5 Å². The van der Waals surface area contributed by atoms with Crippen LogP contribution in [0.1, 0.15) is 18.7 Å². The van der Waals surface area contributed by atoms with Crippen LogP contribution in [0, 0.1) is 5.92 Å². The van der Waals surface area contributed by atoms with Crippen molar-refractivity contribution in [2.24, 2.45) is 5.92 Å². The topological polar surface area (TPSA) is 37.8 Å². The summed E-state index contributed by atoms with van der Waals surface area (Å²) in [6.07, 6.45) is -2.28. The summed E-state index contributed by atoms with van der Waals surface area (Å²) in [7, 11) is 0. The van der Waals surface area contributed by atoms with Crippen LogP contribution in [-0.4, -0.2) is 21.3 Å². The molecule has 0 aromatic carbocycles. The zero-order valence-corrected chi connectivity index (χ0v) is 9.66. The monoisotopic (exact) mass is 271 g/mol. The van der Waals surface area contributed by atoms with Crippen LogP contribution < -0.4 is 5.32 Å². The molecule has 0 bridgehead atoms. The maximum Gasteiger partial charge on any atom is 0.452 e. The highest BCUT2D eigenvalue weighted by molar-refractivity contribution is 7.09. The number of nitrogens with one attached hydrogen (secondary N) is 1. The van der Waals surface area contributed by atoms with Crippen molar-refractivity contribution in [1.29, 1.82) is 0 Å². The Bertz CT molecular complexity index is 364. The third-order valence-electron chi connectivity index (χ3n) is 2.26. The van der Waals surface area contributed by atoms with Gasteiger partial charge in [0.1, 0.15) is 0 Å². The van der Waals surface area contributed by atoms with Gasteiger partial charge in [-0.05, 0) is 18.8 Å². The number of alkyl halides is 4. The first kappa shape index (κ1) is 11.9. The summed E-state index contributed by atoms with van der Waals surface area (Å²) in [6, 6.07) is 0. The summed E-state index contributed by atoms with van der Waals surface area (Å²) in [5.74, 6) is -0.610. The van der Waals surface area contributed by atoms with Crippen LogP contribution in [0.5, 0.6) is 0 Å². The summed E-state index contributed by atoms with van der Waals surface area (Å²) >= 11 is 6.70. The van der Waals surface area contributed by atoms with Crippen LogP contribution in [0.4, 0.5) is 18.3 Å². The zero-order chi connectivity index (χ0) is 11.8. The highest BCUT2D eigenvalue weighted by Crippen LogP contribution is 2.36. The molecule has 1 heterocycles. The zero-order valence-electron chi connectivity index (χ0n) is 8.09. The molecule has 0 amide bonds. The number of rotatable bonds is 4. The fourth-order valence-electron chi connectivity index (χ4n) is 1.22. The van der Waals surface area contributed by atoms with Gasteiger partial charge in [0.05, 0.1) is 5.38 Å². The van der Waals surface area contributed by atoms with E-state index in [1.54, 1.807) is 0 Å². The third kappa shape index (κ3) is 2.98. The average Bonchev–Trinajstić information content (AvgIpc) is 2.92. The summed E-state index contributed by atoms with van der Waals surface area (Å²) in [5.41, 5.74) is 0. The predicted molar refractivity (Wildman–Crippen MR) is 55.8 cm³/mol. The van der Waals surface area contributed by atoms with Gasteiger partial charge in [-0.1, -0.05) is 0 Å². The average molecular weight is 272 g/mol. The standard InChI is InChI=1S/C8H9ClF3N3S/c9-5(4-1-2-4)3-13-7-14-6(15-16-7)8(10,11)12/h4-5H,1-3H2,(H,13,14,15). The summed E-state index contributed by atoms with van der Waals surface area (Å²) in [4.78, 5) is 3.35. The molecule has 1 fully saturated rings. The van der Waals surface area contributed by atoms with Crippen molar-refractivity contribution in [2.45, 2.75) is 24.4 Å². The van der Waals surface area contributed by atoms with E-state index in [2.05, 4.69) is 14.7 Å². The van der Waals surface area contributed by atoms with Crippen molar-refractivity contribution in [1.82, 2.24) is 9.36 Å². The normalized spacial score (nSPS) is 18.5. The molecular weight excluding hydrogens is 263 g/mol. The fourth-order valence-corrected chi connectivity index (χ4v) is 2.14. The molecule has 1 aromatic rings. The lowest BCUT2D eigenvalue weighted by Crippen LogP contribution is -2.16. The molecule has 1 aliphatic rings. The van der Waals surface area contributed by atoms with Gasteiger partial charge in [-0.15, -0.1) is 11.6 Å². The summed E-state index contributed by atoms with van der Waals surface area (Å²) in [6.45, 7) is 0.429. The van der Waals surface area contributed by atoms with Gasteiger partial charge in [-0.25, -0.2) is 0 Å². The molecule has 0 radical (unpaired) electrons. The Morgan fingerprint density at radius 2 is 2.19 bits per heavy atom. The minimum absolute atomic E-state index is 0.0433. The first-order valence-electron chi connectivity index (χ1n) is 4.75. The van der Waals surface area contributed by atoms with Crippen molar-refractivity contribution in [2.75, 3.05) is 11.9 Å². The van der Waals surface area contributed by atoms with Gasteiger partial charge in [0.25, 0.3) is 0 Å². The molecule has 1 unspecified atom stereocenters. The van der Waals surface area contributed by atoms with Gasteiger partial charge in [0.15, 0.2) is 0 Å². The Morgan fingerprint density at radius 3 is 2.69 bits per heavy atom. The van der Waals surface area contributed by atoms with E-state index < -0.39 is 12.0 Å². The quantitative estimate of drug-likeness (QED) is 0.856. The van der Waals surface area contributed by atoms with E-state index in [1.807, 2.05) is 0 Å². The van der Waals surface area contributed by atoms with E-state index in [9.17, 15) is 13.2 Å². The second-order valence-electron chi connectivity index (χ2n) is 3.66. The van der Waals surface area contributed by atoms with E-state index in [1.165, 1.54) is 0 Å². The van der Waals surface area contributed by atoms with Crippen LogP contribution in [-0.2, 0) is 6.18 Å². The van der Waals surface area contributed by atoms with Crippen molar-refractivity contribution in [3.8, 4) is 0 Å². The first-order chi connectivity index (χ1) is 7.47. The molecule has 0 saturated heterocycles. The second kappa shape index (κ2) is 4.37. The molecule has 1 saturated carbocycles. The summed E-state index contributed by atoms with van der Waals surface area (Å²) in [5, 5.41) is 2.89. The fraction of sp³-hybridized carbons (Fsp3) is 0.750. The van der Waals surface area contributed by atoms with Crippen molar-refractivity contribution >= 4 is 28.3 Å². The lowest BCUT2D eigenvalue weighted by atomic mass is 10.3. The molecule has 16 heavy (non-hydrogen) atoms. The minimum atomic E-state index is -4.48. The van der Waals surface area contributed by atoms with Gasteiger partial charge in [0.2, 0.25) is 11.0 Å². The predicted octanol–water partition coefficient (Wildman–Crippen LogP) is 2.99. The smallest absolute Gasteiger partial charge is 0.359 e. The highest BCUT2D eigenvalue weighted by atomic mass is 35.5. The summed E-state index contributed by atoms with van der Waals surface area (Å²) < 4.78 is 39.7. The highest BCUT2D eigenvalue weighted by Gasteiger charge is 2.36. The molecule has 1 aliphatic carbocycles. The molecule has 2 rings (SSSR count). The van der Waals surface area contributed by atoms with Crippen molar-refractivity contribution in [3.05, 3.63) is 5.82 Å². The maximum absolute atomic E-state index is 12.2. The Hall–Kier alpha value is -0.560. The van der Waals surface area contributed by atoms with Gasteiger partial charge < -0.3 is 5.32 Å². The maximum atomic E-state index is 12.2. The van der Waals surface area contributed by atoms with Crippen LogP contribution in [0.25, 0.3) is 0 Å². The Morgan fingerprint density at radius 1 is 1.50 bits per heavy atom. The SMILES string of the molecule is FC(F)(F)c1nsc(NCC(Cl)C2CC2)n1. The number of aromatic nitrogens is 2. The van der Waals surface area contributed by atoms with Crippen molar-refractivity contribution in [3.63, 3.8) is 0 Å². The molecule has 0 spiro atoms. The molecular formula is C8H9ClF3N3S. The van der Waals surface area contributed by atoms with E-state index in [4.69, 9.17) is 11.6 Å².